The number of nitrogens with zero attached hydrogens (tertiary/aromatic N) is 1. The van der Waals surface area contributed by atoms with Crippen LogP contribution in [0.1, 0.15) is 32.2 Å². The maximum atomic E-state index is 13.6. The predicted molar refractivity (Wildman–Crippen MR) is 74.1 cm³/mol. The highest BCUT2D eigenvalue weighted by Gasteiger charge is 2.38. The summed E-state index contributed by atoms with van der Waals surface area (Å²) in [5, 5.41) is 0.131. The second kappa shape index (κ2) is 4.35. The van der Waals surface area contributed by atoms with Crippen LogP contribution in [-0.2, 0) is 0 Å². The Morgan fingerprint density at radius 2 is 2.33 bits per heavy atom. The summed E-state index contributed by atoms with van der Waals surface area (Å²) in [6, 6.07) is 3.51. The number of aromatic nitrogens is 2. The van der Waals surface area contributed by atoms with Crippen LogP contribution in [0.25, 0.3) is 11.0 Å². The van der Waals surface area contributed by atoms with Gasteiger partial charge in [-0.1, -0.05) is 24.9 Å². The highest BCUT2D eigenvalue weighted by atomic mass is 35.5. The molecule has 0 radical (unpaired) electrons. The molecule has 1 aromatic carbocycles. The summed E-state index contributed by atoms with van der Waals surface area (Å²) in [4.78, 5) is 3.11. The van der Waals surface area contributed by atoms with E-state index in [9.17, 15) is 4.39 Å². The second-order valence-electron chi connectivity index (χ2n) is 4.94. The molecule has 0 amide bonds. The molecule has 2 unspecified atom stereocenters. The van der Waals surface area contributed by atoms with Crippen LogP contribution in [0.5, 0.6) is 0 Å². The minimum absolute atomic E-state index is 0.131. The SMILES string of the molecule is CCCC1CC1n1c(=S)[nH]c2cc(Cl)c(F)cc21. The first-order valence-electron chi connectivity index (χ1n) is 6.21. The minimum atomic E-state index is -0.389. The van der Waals surface area contributed by atoms with Crippen molar-refractivity contribution in [2.24, 2.45) is 5.92 Å². The highest BCUT2D eigenvalue weighted by Crippen LogP contribution is 2.48. The molecule has 5 heteroatoms. The molecular weight excluding hydrogens is 271 g/mol. The fourth-order valence-electron chi connectivity index (χ4n) is 2.68. The lowest BCUT2D eigenvalue weighted by Crippen LogP contribution is -1.96. The smallest absolute Gasteiger partial charge is 0.178 e. The third kappa shape index (κ3) is 1.88. The van der Waals surface area contributed by atoms with Gasteiger partial charge in [-0.25, -0.2) is 4.39 Å². The van der Waals surface area contributed by atoms with Crippen LogP contribution in [0.4, 0.5) is 4.39 Å². The third-order valence-electron chi connectivity index (χ3n) is 3.63. The van der Waals surface area contributed by atoms with Crippen LogP contribution in [0.2, 0.25) is 5.02 Å². The van der Waals surface area contributed by atoms with Gasteiger partial charge in [0.05, 0.1) is 16.1 Å². The van der Waals surface area contributed by atoms with Gasteiger partial charge in [0, 0.05) is 12.1 Å². The van der Waals surface area contributed by atoms with Gasteiger partial charge >= 0.3 is 0 Å². The molecule has 2 nitrogen and oxygen atoms in total. The summed E-state index contributed by atoms with van der Waals surface area (Å²) in [5.74, 6) is 0.291. The molecule has 18 heavy (non-hydrogen) atoms. The lowest BCUT2D eigenvalue weighted by molar-refractivity contribution is 0.608. The number of halogens is 2. The molecule has 2 aromatic rings. The molecule has 2 atom stereocenters. The van der Waals surface area contributed by atoms with Crippen molar-refractivity contribution in [3.63, 3.8) is 0 Å². The number of aromatic amines is 1. The van der Waals surface area contributed by atoms with Gasteiger partial charge in [-0.3, -0.25) is 0 Å². The van der Waals surface area contributed by atoms with Gasteiger partial charge in [0.25, 0.3) is 0 Å². The maximum Gasteiger partial charge on any atom is 0.178 e. The van der Waals surface area contributed by atoms with Gasteiger partial charge in [0.2, 0.25) is 0 Å². The molecule has 1 aliphatic rings. The number of H-pyrrole nitrogens is 1. The van der Waals surface area contributed by atoms with E-state index in [1.54, 1.807) is 6.07 Å². The van der Waals surface area contributed by atoms with Gasteiger partial charge < -0.3 is 9.55 Å². The number of benzene rings is 1. The van der Waals surface area contributed by atoms with Crippen molar-refractivity contribution in [3.8, 4) is 0 Å². The maximum absolute atomic E-state index is 13.6. The fraction of sp³-hybridized carbons (Fsp3) is 0.462. The van der Waals surface area contributed by atoms with E-state index in [2.05, 4.69) is 11.9 Å². The van der Waals surface area contributed by atoms with Crippen molar-refractivity contribution in [1.29, 1.82) is 0 Å². The molecule has 0 bridgehead atoms. The number of rotatable bonds is 3. The van der Waals surface area contributed by atoms with E-state index < -0.39 is 0 Å². The van der Waals surface area contributed by atoms with Crippen molar-refractivity contribution < 1.29 is 4.39 Å². The minimum Gasteiger partial charge on any atom is -0.331 e. The van der Waals surface area contributed by atoms with E-state index in [-0.39, 0.29) is 10.8 Å². The molecule has 0 spiro atoms. The average molecular weight is 285 g/mol. The number of hydrogen-bond donors (Lipinski definition) is 1. The largest absolute Gasteiger partial charge is 0.331 e. The van der Waals surface area contributed by atoms with E-state index in [0.29, 0.717) is 16.7 Å². The van der Waals surface area contributed by atoms with Gasteiger partial charge in [0.1, 0.15) is 5.82 Å². The standard InChI is InChI=1S/C13H14ClFN2S/c1-2-3-7-4-11(7)17-12-6-9(15)8(14)5-10(12)16-13(17)18/h5-7,11H,2-4H2,1H3,(H,16,18). The summed E-state index contributed by atoms with van der Waals surface area (Å²) in [6.45, 7) is 2.18. The quantitative estimate of drug-likeness (QED) is 0.799. The molecule has 0 aliphatic heterocycles. The number of imidazole rings is 1. The monoisotopic (exact) mass is 284 g/mol. The van der Waals surface area contributed by atoms with E-state index in [1.807, 2.05) is 4.57 Å². The van der Waals surface area contributed by atoms with Crippen LogP contribution in [0.15, 0.2) is 12.1 Å². The Kier molecular flexibility index (Phi) is 2.94. The van der Waals surface area contributed by atoms with Crippen LogP contribution < -0.4 is 0 Å². The predicted octanol–water partition coefficient (Wildman–Crippen LogP) is 4.85. The van der Waals surface area contributed by atoms with Crippen molar-refractivity contribution in [2.75, 3.05) is 0 Å². The molecule has 3 rings (SSSR count). The van der Waals surface area contributed by atoms with Crippen LogP contribution in [0.3, 0.4) is 0 Å². The number of hydrogen-bond acceptors (Lipinski definition) is 1. The summed E-state index contributed by atoms with van der Waals surface area (Å²) >= 11 is 11.1. The Bertz CT molecular complexity index is 661. The lowest BCUT2D eigenvalue weighted by atomic mass is 10.2. The summed E-state index contributed by atoms with van der Waals surface area (Å²) in [7, 11) is 0. The van der Waals surface area contributed by atoms with E-state index >= 15 is 0 Å². The third-order valence-corrected chi connectivity index (χ3v) is 4.22. The zero-order valence-corrected chi connectivity index (χ0v) is 11.6. The van der Waals surface area contributed by atoms with E-state index in [0.717, 1.165) is 17.5 Å². The first-order chi connectivity index (χ1) is 8.61. The summed E-state index contributed by atoms with van der Waals surface area (Å²) in [5.41, 5.74) is 1.64. The molecule has 1 aromatic heterocycles. The Labute approximate surface area is 115 Å². The molecule has 1 heterocycles. The fourth-order valence-corrected chi connectivity index (χ4v) is 3.19. The normalized spacial score (nSPS) is 22.6. The Morgan fingerprint density at radius 3 is 3.06 bits per heavy atom. The molecule has 1 aliphatic carbocycles. The molecule has 1 fully saturated rings. The molecule has 96 valence electrons. The first kappa shape index (κ1) is 12.2. The van der Waals surface area contributed by atoms with Crippen molar-refractivity contribution in [3.05, 3.63) is 27.7 Å². The van der Waals surface area contributed by atoms with Gasteiger partial charge in [0.15, 0.2) is 4.77 Å². The van der Waals surface area contributed by atoms with Crippen molar-refractivity contribution in [2.45, 2.75) is 32.2 Å². The van der Waals surface area contributed by atoms with Crippen LogP contribution >= 0.6 is 23.8 Å². The molecular formula is C13H14ClFN2S. The zero-order valence-electron chi connectivity index (χ0n) is 10.0. The Balaban J connectivity index is 2.10. The van der Waals surface area contributed by atoms with Crippen molar-refractivity contribution in [1.82, 2.24) is 9.55 Å². The zero-order chi connectivity index (χ0) is 12.9. The lowest BCUT2D eigenvalue weighted by Gasteiger charge is -2.04. The summed E-state index contributed by atoms with van der Waals surface area (Å²) in [6.07, 6.45) is 3.52. The highest BCUT2D eigenvalue weighted by molar-refractivity contribution is 7.71. The topological polar surface area (TPSA) is 20.7 Å². The van der Waals surface area contributed by atoms with Crippen LogP contribution in [-0.4, -0.2) is 9.55 Å². The van der Waals surface area contributed by atoms with Gasteiger partial charge in [-0.15, -0.1) is 0 Å². The molecule has 1 N–H and O–H groups in total. The Morgan fingerprint density at radius 1 is 1.56 bits per heavy atom. The van der Waals surface area contributed by atoms with Gasteiger partial charge in [-0.05, 0) is 37.0 Å². The average Bonchev–Trinajstić information content (AvgIpc) is 2.98. The van der Waals surface area contributed by atoms with Crippen LogP contribution in [0, 0.1) is 16.5 Å². The number of nitrogens with one attached hydrogen (secondary N) is 1. The molecule has 0 saturated heterocycles. The number of fused-ring (bicyclic) bond motifs is 1. The Hall–Kier alpha value is -0.870. The van der Waals surface area contributed by atoms with E-state index in [4.69, 9.17) is 23.8 Å². The first-order valence-corrected chi connectivity index (χ1v) is 6.99. The molecule has 1 saturated carbocycles. The summed E-state index contributed by atoms with van der Waals surface area (Å²) < 4.78 is 16.3. The second-order valence-corrected chi connectivity index (χ2v) is 5.73. The van der Waals surface area contributed by atoms with E-state index in [1.165, 1.54) is 18.9 Å². The van der Waals surface area contributed by atoms with Crippen molar-refractivity contribution >= 4 is 34.9 Å². The van der Waals surface area contributed by atoms with Gasteiger partial charge in [-0.2, -0.15) is 0 Å².